The second-order valence-electron chi connectivity index (χ2n) is 14.7. The largest absolute Gasteiger partial charge is 0.299 e. The molecule has 0 fully saturated rings. The Morgan fingerprint density at radius 1 is 0.305 bits per heavy atom. The summed E-state index contributed by atoms with van der Waals surface area (Å²) in [4.78, 5) is 20.6. The molecule has 0 radical (unpaired) electrons. The Morgan fingerprint density at radius 3 is 1.54 bits per heavy atom. The molecule has 11 rings (SSSR count). The van der Waals surface area contributed by atoms with Crippen molar-refractivity contribution in [3.8, 4) is 78.9 Å². The predicted molar refractivity (Wildman–Crippen MR) is 242 cm³/mol. The van der Waals surface area contributed by atoms with Crippen LogP contribution in [0.4, 0.5) is 0 Å². The number of hydrogen-bond donors (Lipinski definition) is 0. The van der Waals surface area contributed by atoms with Gasteiger partial charge in [-0.2, -0.15) is 0 Å². The van der Waals surface area contributed by atoms with E-state index in [0.29, 0.717) is 17.5 Å². The van der Waals surface area contributed by atoms with E-state index >= 15 is 0 Å². The van der Waals surface area contributed by atoms with E-state index in [1.165, 1.54) is 16.3 Å². The monoisotopic (exact) mass is 753 g/mol. The van der Waals surface area contributed by atoms with Crippen molar-refractivity contribution >= 4 is 27.2 Å². The fourth-order valence-electron chi connectivity index (χ4n) is 8.17. The van der Waals surface area contributed by atoms with Crippen LogP contribution in [0.5, 0.6) is 0 Å². The van der Waals surface area contributed by atoms with Crippen LogP contribution in [0.3, 0.4) is 0 Å². The van der Waals surface area contributed by atoms with Crippen molar-refractivity contribution in [3.63, 3.8) is 0 Å². The van der Waals surface area contributed by atoms with Crippen LogP contribution >= 0.6 is 0 Å². The van der Waals surface area contributed by atoms with Crippen molar-refractivity contribution in [2.75, 3.05) is 0 Å². The molecule has 3 aromatic heterocycles. The topological polar surface area (TPSA) is 56.0 Å². The Balaban J connectivity index is 0.995. The molecule has 59 heavy (non-hydrogen) atoms. The molecule has 0 amide bonds. The molecule has 5 heteroatoms. The summed E-state index contributed by atoms with van der Waals surface area (Å²) in [6, 6.07) is 71.9. The minimum atomic E-state index is 0.619. The zero-order valence-corrected chi connectivity index (χ0v) is 31.9. The number of pyridine rings is 1. The van der Waals surface area contributed by atoms with Gasteiger partial charge in [0.15, 0.2) is 17.5 Å². The number of aromatic nitrogens is 5. The Bertz CT molecular complexity index is 3300. The van der Waals surface area contributed by atoms with Crippen molar-refractivity contribution < 1.29 is 0 Å². The van der Waals surface area contributed by atoms with Gasteiger partial charge in [0, 0.05) is 34.0 Å². The van der Waals surface area contributed by atoms with Crippen molar-refractivity contribution in [2.24, 2.45) is 0 Å². The first-order valence-corrected chi connectivity index (χ1v) is 19.8. The quantitative estimate of drug-likeness (QED) is 0.163. The fourth-order valence-corrected chi connectivity index (χ4v) is 8.17. The molecule has 11 aromatic rings. The first-order valence-electron chi connectivity index (χ1n) is 19.8. The number of hydrogen-bond acceptors (Lipinski definition) is 4. The minimum Gasteiger partial charge on any atom is -0.299 e. The van der Waals surface area contributed by atoms with Crippen molar-refractivity contribution in [1.29, 1.82) is 0 Å². The third-order valence-electron chi connectivity index (χ3n) is 11.1. The predicted octanol–water partition coefficient (Wildman–Crippen LogP) is 13.5. The summed E-state index contributed by atoms with van der Waals surface area (Å²) in [6.45, 7) is 0. The fraction of sp³-hybridized carbons (Fsp3) is 0. The number of rotatable bonds is 7. The molecule has 0 saturated heterocycles. The van der Waals surface area contributed by atoms with E-state index in [9.17, 15) is 0 Å². The molecular weight excluding hydrogens is 719 g/mol. The maximum Gasteiger partial charge on any atom is 0.164 e. The lowest BCUT2D eigenvalue weighted by Gasteiger charge is -2.12. The summed E-state index contributed by atoms with van der Waals surface area (Å²) in [5.74, 6) is 1.88. The van der Waals surface area contributed by atoms with Crippen LogP contribution in [0.1, 0.15) is 0 Å². The molecule has 8 aromatic carbocycles. The van der Waals surface area contributed by atoms with E-state index in [-0.39, 0.29) is 0 Å². The number of benzene rings is 8. The van der Waals surface area contributed by atoms with Gasteiger partial charge in [0.25, 0.3) is 0 Å². The molecule has 0 aliphatic carbocycles. The van der Waals surface area contributed by atoms with Gasteiger partial charge in [0.1, 0.15) is 5.65 Å². The summed E-state index contributed by atoms with van der Waals surface area (Å²) in [5, 5.41) is 4.61. The van der Waals surface area contributed by atoms with Crippen LogP contribution in [0.2, 0.25) is 0 Å². The highest BCUT2D eigenvalue weighted by Crippen LogP contribution is 2.38. The second kappa shape index (κ2) is 14.5. The maximum atomic E-state index is 5.17. The van der Waals surface area contributed by atoms with Gasteiger partial charge in [0.2, 0.25) is 0 Å². The van der Waals surface area contributed by atoms with E-state index in [0.717, 1.165) is 72.3 Å². The molecule has 0 aliphatic heterocycles. The molecule has 0 spiro atoms. The second-order valence-corrected chi connectivity index (χ2v) is 14.7. The summed E-state index contributed by atoms with van der Waals surface area (Å²) >= 11 is 0. The zero-order valence-electron chi connectivity index (χ0n) is 31.9. The number of fused-ring (bicyclic) bond motifs is 3. The molecular formula is C54H35N5. The molecule has 0 saturated carbocycles. The summed E-state index contributed by atoms with van der Waals surface area (Å²) in [7, 11) is 0. The van der Waals surface area contributed by atoms with Gasteiger partial charge in [-0.05, 0) is 62.0 Å². The number of imidazole rings is 1. The molecule has 5 nitrogen and oxygen atoms in total. The summed E-state index contributed by atoms with van der Waals surface area (Å²) < 4.78 is 2.19. The molecule has 0 aliphatic rings. The van der Waals surface area contributed by atoms with E-state index in [1.54, 1.807) is 0 Å². The lowest BCUT2D eigenvalue weighted by atomic mass is 9.97. The van der Waals surface area contributed by atoms with Crippen LogP contribution in [0.25, 0.3) is 106 Å². The standard InChI is InChI=1S/C54H35N5/c1-2-13-36(14-3-1)37-28-32-42(33-29-37)52-56-53(58-54(57-52)48-24-12-18-40-16-5-7-22-46(40)48)44-20-10-19-43(35-44)38-26-30-41(31-27-38)51-50(55-49-25-8-9-34-59(49)51)47-23-11-17-39-15-4-6-21-45(39)47/h1-35H. The summed E-state index contributed by atoms with van der Waals surface area (Å²) in [6.07, 6.45) is 2.09. The van der Waals surface area contributed by atoms with Gasteiger partial charge in [-0.25, -0.2) is 19.9 Å². The normalized spacial score (nSPS) is 11.4. The first kappa shape index (κ1) is 34.2. The van der Waals surface area contributed by atoms with Crippen LogP contribution in [-0.2, 0) is 0 Å². The molecule has 3 heterocycles. The van der Waals surface area contributed by atoms with Gasteiger partial charge in [-0.3, -0.25) is 4.40 Å². The van der Waals surface area contributed by atoms with Crippen LogP contribution in [0.15, 0.2) is 212 Å². The Labute approximate surface area is 341 Å². The van der Waals surface area contributed by atoms with E-state index in [2.05, 4.69) is 205 Å². The Hall–Kier alpha value is -8.02. The van der Waals surface area contributed by atoms with Gasteiger partial charge in [-0.1, -0.05) is 188 Å². The molecule has 0 N–H and O–H groups in total. The molecule has 276 valence electrons. The third-order valence-corrected chi connectivity index (χ3v) is 11.1. The zero-order chi connectivity index (χ0) is 39.1. The smallest absolute Gasteiger partial charge is 0.164 e. The van der Waals surface area contributed by atoms with Crippen molar-refractivity contribution in [1.82, 2.24) is 24.3 Å². The van der Waals surface area contributed by atoms with Gasteiger partial charge in [-0.15, -0.1) is 0 Å². The SMILES string of the molecule is c1ccc(-c2ccc(-c3nc(-c4cccc(-c5ccc(-c6c(-c7cccc8ccccc78)nc7ccccn67)cc5)c4)nc(-c4cccc5ccccc45)n3)cc2)cc1. The van der Waals surface area contributed by atoms with Gasteiger partial charge >= 0.3 is 0 Å². The van der Waals surface area contributed by atoms with Crippen LogP contribution < -0.4 is 0 Å². The lowest BCUT2D eigenvalue weighted by molar-refractivity contribution is 1.08. The van der Waals surface area contributed by atoms with Crippen molar-refractivity contribution in [2.45, 2.75) is 0 Å². The third kappa shape index (κ3) is 6.32. The van der Waals surface area contributed by atoms with Crippen LogP contribution in [0, 0.1) is 0 Å². The highest BCUT2D eigenvalue weighted by Gasteiger charge is 2.19. The number of nitrogens with zero attached hydrogens (tertiary/aromatic N) is 5. The first-order chi connectivity index (χ1) is 29.2. The Morgan fingerprint density at radius 2 is 0.797 bits per heavy atom. The van der Waals surface area contributed by atoms with Gasteiger partial charge in [0.05, 0.1) is 11.4 Å². The highest BCUT2D eigenvalue weighted by atomic mass is 15.0. The van der Waals surface area contributed by atoms with E-state index < -0.39 is 0 Å². The average molecular weight is 754 g/mol. The lowest BCUT2D eigenvalue weighted by Crippen LogP contribution is -2.00. The van der Waals surface area contributed by atoms with Crippen LogP contribution in [-0.4, -0.2) is 24.3 Å². The Kier molecular flexibility index (Phi) is 8.41. The molecule has 0 atom stereocenters. The minimum absolute atomic E-state index is 0.619. The summed E-state index contributed by atoms with van der Waals surface area (Å²) in [5.41, 5.74) is 12.4. The molecule has 0 bridgehead atoms. The molecule has 0 unspecified atom stereocenters. The highest BCUT2D eigenvalue weighted by molar-refractivity contribution is 6.00. The maximum absolute atomic E-state index is 5.17. The average Bonchev–Trinajstić information content (AvgIpc) is 3.71. The van der Waals surface area contributed by atoms with E-state index in [1.807, 2.05) is 12.1 Å². The van der Waals surface area contributed by atoms with E-state index in [4.69, 9.17) is 19.9 Å². The van der Waals surface area contributed by atoms with Crippen molar-refractivity contribution in [3.05, 3.63) is 212 Å². The van der Waals surface area contributed by atoms with Gasteiger partial charge < -0.3 is 0 Å².